The van der Waals surface area contributed by atoms with E-state index in [1.54, 1.807) is 0 Å². The summed E-state index contributed by atoms with van der Waals surface area (Å²) >= 11 is 0. The number of alkyl carbamates (subject to hydrolysis) is 1. The van der Waals surface area contributed by atoms with Gasteiger partial charge in [-0.3, -0.25) is 0 Å². The van der Waals surface area contributed by atoms with Crippen molar-refractivity contribution in [2.75, 3.05) is 32.7 Å². The number of ether oxygens (including phenoxy) is 1. The SMILES string of the molecule is CC1CCN(CCCNC(C)CNC(=O)OC(C)(C)C)CC1. The molecule has 1 aliphatic rings. The summed E-state index contributed by atoms with van der Waals surface area (Å²) in [6.07, 6.45) is 3.49. The third-order valence-electron chi connectivity index (χ3n) is 3.97. The van der Waals surface area contributed by atoms with Crippen molar-refractivity contribution >= 4 is 6.09 Å². The number of hydrogen-bond acceptors (Lipinski definition) is 4. The van der Waals surface area contributed by atoms with Crippen LogP contribution in [0.25, 0.3) is 0 Å². The molecule has 0 aromatic heterocycles. The zero-order chi connectivity index (χ0) is 16.6. The molecule has 1 amide bonds. The molecule has 1 aliphatic heterocycles. The standard InChI is InChI=1S/C17H35N3O2/c1-14-7-11-20(12-8-14)10-6-9-18-15(2)13-19-16(21)22-17(3,4)5/h14-15,18H,6-13H2,1-5H3,(H,19,21). The first kappa shape index (κ1) is 19.2. The molecule has 0 aromatic rings. The average Bonchev–Trinajstić information content (AvgIpc) is 2.41. The molecule has 0 bridgehead atoms. The Bertz CT molecular complexity index is 320. The second-order valence-electron chi connectivity index (χ2n) is 7.62. The Morgan fingerprint density at radius 1 is 1.32 bits per heavy atom. The fourth-order valence-corrected chi connectivity index (χ4v) is 2.56. The lowest BCUT2D eigenvalue weighted by molar-refractivity contribution is 0.0523. The third kappa shape index (κ3) is 9.26. The summed E-state index contributed by atoms with van der Waals surface area (Å²) in [5.74, 6) is 0.897. The normalized spacial score (nSPS) is 19.0. The summed E-state index contributed by atoms with van der Waals surface area (Å²) in [6.45, 7) is 15.3. The van der Waals surface area contributed by atoms with Gasteiger partial charge in [-0.25, -0.2) is 4.79 Å². The molecule has 1 atom stereocenters. The molecule has 0 aliphatic carbocycles. The van der Waals surface area contributed by atoms with Crippen molar-refractivity contribution in [2.24, 2.45) is 5.92 Å². The van der Waals surface area contributed by atoms with Crippen molar-refractivity contribution < 1.29 is 9.53 Å². The molecular formula is C17H35N3O2. The molecule has 1 rings (SSSR count). The van der Waals surface area contributed by atoms with Crippen molar-refractivity contribution in [3.63, 3.8) is 0 Å². The first-order chi connectivity index (χ1) is 10.3. The van der Waals surface area contributed by atoms with Crippen LogP contribution in [-0.4, -0.2) is 55.4 Å². The molecule has 0 radical (unpaired) electrons. The van der Waals surface area contributed by atoms with E-state index in [4.69, 9.17) is 4.74 Å². The lowest BCUT2D eigenvalue weighted by Gasteiger charge is -2.30. The zero-order valence-electron chi connectivity index (χ0n) is 15.1. The Balaban J connectivity index is 2.01. The Morgan fingerprint density at radius 3 is 2.55 bits per heavy atom. The molecule has 0 spiro atoms. The highest BCUT2D eigenvalue weighted by atomic mass is 16.6. The predicted molar refractivity (Wildman–Crippen MR) is 91.2 cm³/mol. The minimum absolute atomic E-state index is 0.258. The van der Waals surface area contributed by atoms with Crippen LogP contribution in [0.3, 0.4) is 0 Å². The zero-order valence-corrected chi connectivity index (χ0v) is 15.1. The summed E-state index contributed by atoms with van der Waals surface area (Å²) in [6, 6.07) is 0.258. The third-order valence-corrected chi connectivity index (χ3v) is 3.97. The molecule has 0 saturated carbocycles. The molecule has 5 heteroatoms. The first-order valence-corrected chi connectivity index (χ1v) is 8.69. The quantitative estimate of drug-likeness (QED) is 0.710. The highest BCUT2D eigenvalue weighted by Gasteiger charge is 2.17. The summed E-state index contributed by atoms with van der Waals surface area (Å²) in [7, 11) is 0. The highest BCUT2D eigenvalue weighted by Crippen LogP contribution is 2.15. The van der Waals surface area contributed by atoms with Crippen LogP contribution in [0.4, 0.5) is 4.79 Å². The van der Waals surface area contributed by atoms with Gasteiger partial charge in [-0.05, 0) is 79.1 Å². The van der Waals surface area contributed by atoms with Gasteiger partial charge in [0.15, 0.2) is 0 Å². The number of piperidine rings is 1. The van der Waals surface area contributed by atoms with Crippen LogP contribution in [0.5, 0.6) is 0 Å². The number of hydrogen-bond donors (Lipinski definition) is 2. The van der Waals surface area contributed by atoms with E-state index in [9.17, 15) is 4.79 Å². The summed E-state index contributed by atoms with van der Waals surface area (Å²) in [5, 5.41) is 6.25. The molecule has 1 saturated heterocycles. The molecule has 5 nitrogen and oxygen atoms in total. The van der Waals surface area contributed by atoms with E-state index in [0.717, 1.165) is 18.9 Å². The fraction of sp³-hybridized carbons (Fsp3) is 0.941. The van der Waals surface area contributed by atoms with Gasteiger partial charge in [0.05, 0.1) is 0 Å². The maximum Gasteiger partial charge on any atom is 0.407 e. The largest absolute Gasteiger partial charge is 0.444 e. The van der Waals surface area contributed by atoms with E-state index in [1.165, 1.54) is 32.5 Å². The van der Waals surface area contributed by atoms with E-state index in [2.05, 4.69) is 29.4 Å². The van der Waals surface area contributed by atoms with Crippen LogP contribution >= 0.6 is 0 Å². The molecule has 1 unspecified atom stereocenters. The monoisotopic (exact) mass is 313 g/mol. The van der Waals surface area contributed by atoms with Gasteiger partial charge >= 0.3 is 6.09 Å². The lowest BCUT2D eigenvalue weighted by Crippen LogP contribution is -2.42. The van der Waals surface area contributed by atoms with Crippen LogP contribution in [0.2, 0.25) is 0 Å². The van der Waals surface area contributed by atoms with Crippen LogP contribution in [0, 0.1) is 5.92 Å². The maximum atomic E-state index is 11.6. The molecule has 22 heavy (non-hydrogen) atoms. The van der Waals surface area contributed by atoms with E-state index >= 15 is 0 Å². The van der Waals surface area contributed by atoms with Gasteiger partial charge in [-0.1, -0.05) is 6.92 Å². The number of likely N-dealkylation sites (tertiary alicyclic amines) is 1. The van der Waals surface area contributed by atoms with Crippen molar-refractivity contribution in [1.82, 2.24) is 15.5 Å². The molecule has 130 valence electrons. The minimum Gasteiger partial charge on any atom is -0.444 e. The molecular weight excluding hydrogens is 278 g/mol. The maximum absolute atomic E-state index is 11.6. The van der Waals surface area contributed by atoms with E-state index in [1.807, 2.05) is 20.8 Å². The number of nitrogens with one attached hydrogen (secondary N) is 2. The van der Waals surface area contributed by atoms with Crippen molar-refractivity contribution in [2.45, 2.75) is 65.5 Å². The molecule has 2 N–H and O–H groups in total. The smallest absolute Gasteiger partial charge is 0.407 e. The second kappa shape index (κ2) is 9.36. The molecule has 0 aromatic carbocycles. The van der Waals surface area contributed by atoms with Crippen molar-refractivity contribution in [1.29, 1.82) is 0 Å². The highest BCUT2D eigenvalue weighted by molar-refractivity contribution is 5.67. The topological polar surface area (TPSA) is 53.6 Å². The molecule has 1 fully saturated rings. The van der Waals surface area contributed by atoms with Crippen LogP contribution in [0.1, 0.15) is 53.9 Å². The fourth-order valence-electron chi connectivity index (χ4n) is 2.56. The predicted octanol–water partition coefficient (Wildman–Crippen LogP) is 2.61. The van der Waals surface area contributed by atoms with Gasteiger partial charge < -0.3 is 20.3 Å². The van der Waals surface area contributed by atoms with Crippen molar-refractivity contribution in [3.05, 3.63) is 0 Å². The number of rotatable bonds is 7. The Morgan fingerprint density at radius 2 is 1.95 bits per heavy atom. The molecule has 1 heterocycles. The van der Waals surface area contributed by atoms with Gasteiger partial charge in [0, 0.05) is 12.6 Å². The van der Waals surface area contributed by atoms with Gasteiger partial charge in [0.25, 0.3) is 0 Å². The number of amides is 1. The minimum atomic E-state index is -0.438. The summed E-state index contributed by atoms with van der Waals surface area (Å²) in [5.41, 5.74) is -0.438. The van der Waals surface area contributed by atoms with Crippen LogP contribution in [0.15, 0.2) is 0 Å². The van der Waals surface area contributed by atoms with Gasteiger partial charge in [-0.2, -0.15) is 0 Å². The van der Waals surface area contributed by atoms with E-state index < -0.39 is 5.60 Å². The number of carbonyl (C=O) groups excluding carboxylic acids is 1. The first-order valence-electron chi connectivity index (χ1n) is 8.69. The Hall–Kier alpha value is -0.810. The van der Waals surface area contributed by atoms with Gasteiger partial charge in [-0.15, -0.1) is 0 Å². The Kier molecular flexibility index (Phi) is 8.18. The van der Waals surface area contributed by atoms with E-state index in [0.29, 0.717) is 6.54 Å². The van der Waals surface area contributed by atoms with Gasteiger partial charge in [0.2, 0.25) is 0 Å². The van der Waals surface area contributed by atoms with E-state index in [-0.39, 0.29) is 12.1 Å². The summed E-state index contributed by atoms with van der Waals surface area (Å²) < 4.78 is 5.22. The van der Waals surface area contributed by atoms with Crippen LogP contribution < -0.4 is 10.6 Å². The number of carbonyl (C=O) groups is 1. The van der Waals surface area contributed by atoms with Crippen molar-refractivity contribution in [3.8, 4) is 0 Å². The second-order valence-corrected chi connectivity index (χ2v) is 7.62. The summed E-state index contributed by atoms with van der Waals surface area (Å²) in [4.78, 5) is 14.1. The lowest BCUT2D eigenvalue weighted by atomic mass is 9.99. The number of nitrogens with zero attached hydrogens (tertiary/aromatic N) is 1. The average molecular weight is 313 g/mol. The van der Waals surface area contributed by atoms with Gasteiger partial charge in [0.1, 0.15) is 5.60 Å². The van der Waals surface area contributed by atoms with Crippen LogP contribution in [-0.2, 0) is 4.74 Å². The Labute approximate surface area is 136 Å².